The van der Waals surface area contributed by atoms with E-state index in [0.717, 1.165) is 27.3 Å². The van der Waals surface area contributed by atoms with Crippen molar-refractivity contribution in [1.82, 2.24) is 25.2 Å². The summed E-state index contributed by atoms with van der Waals surface area (Å²) in [5.41, 5.74) is 4.89. The van der Waals surface area contributed by atoms with Gasteiger partial charge in [-0.1, -0.05) is 30.3 Å². The summed E-state index contributed by atoms with van der Waals surface area (Å²) >= 11 is 1.62. The van der Waals surface area contributed by atoms with Crippen LogP contribution in [0.2, 0.25) is 0 Å². The molecule has 2 N–H and O–H groups in total. The Bertz CT molecular complexity index is 1060. The van der Waals surface area contributed by atoms with Crippen molar-refractivity contribution in [1.29, 1.82) is 0 Å². The summed E-state index contributed by atoms with van der Waals surface area (Å²) in [6.45, 7) is 0. The molecule has 1 atom stereocenters. The van der Waals surface area contributed by atoms with E-state index in [-0.39, 0.29) is 12.1 Å². The molecule has 0 bridgehead atoms. The number of fused-ring (bicyclic) bond motifs is 1. The third-order valence-electron chi connectivity index (χ3n) is 4.39. The molecule has 0 fully saturated rings. The molecule has 2 heterocycles. The molecule has 4 rings (SSSR count). The van der Waals surface area contributed by atoms with Crippen molar-refractivity contribution in [2.45, 2.75) is 12.5 Å². The number of imidazole rings is 1. The largest absolute Gasteiger partial charge is 0.341 e. The van der Waals surface area contributed by atoms with Gasteiger partial charge >= 0.3 is 6.03 Å². The van der Waals surface area contributed by atoms with Gasteiger partial charge in [0.1, 0.15) is 5.82 Å². The zero-order valence-electron chi connectivity index (χ0n) is 14.8. The Morgan fingerprint density at radius 3 is 2.85 bits per heavy atom. The number of rotatable bonds is 5. The molecule has 1 unspecified atom stereocenters. The van der Waals surface area contributed by atoms with Crippen LogP contribution < -0.4 is 10.6 Å². The van der Waals surface area contributed by atoms with Crippen LogP contribution in [0.15, 0.2) is 66.4 Å². The molecule has 0 aliphatic rings. The molecule has 6 nitrogen and oxygen atoms in total. The Balaban J connectivity index is 1.71. The van der Waals surface area contributed by atoms with Crippen molar-refractivity contribution >= 4 is 27.6 Å². The first-order valence-corrected chi connectivity index (χ1v) is 9.51. The second-order valence-corrected chi connectivity index (χ2v) is 7.01. The number of hydrogen-bond donors (Lipinski definition) is 2. The minimum absolute atomic E-state index is 0.236. The highest BCUT2D eigenvalue weighted by Gasteiger charge is 2.20. The summed E-state index contributed by atoms with van der Waals surface area (Å²) in [6, 6.07) is 15.7. The van der Waals surface area contributed by atoms with Gasteiger partial charge in [-0.15, -0.1) is 11.3 Å². The first-order valence-electron chi connectivity index (χ1n) is 8.63. The average Bonchev–Trinajstić information content (AvgIpc) is 3.36. The van der Waals surface area contributed by atoms with Crippen molar-refractivity contribution in [3.05, 3.63) is 77.8 Å². The summed E-state index contributed by atoms with van der Waals surface area (Å²) in [5, 5.41) is 5.64. The molecule has 27 heavy (non-hydrogen) atoms. The molecular weight excluding hydrogens is 358 g/mol. The zero-order valence-corrected chi connectivity index (χ0v) is 15.6. The maximum atomic E-state index is 12.0. The number of hydrogen-bond acceptors (Lipinski definition) is 4. The SMILES string of the molecule is CNC(=O)NC(Cc1ccccc1)c1nccn1-c1ccc2scnc2c1. The lowest BCUT2D eigenvalue weighted by Crippen LogP contribution is -2.37. The molecule has 0 saturated carbocycles. The van der Waals surface area contributed by atoms with Crippen LogP contribution in [0.1, 0.15) is 17.4 Å². The maximum absolute atomic E-state index is 12.0. The van der Waals surface area contributed by atoms with Gasteiger partial charge in [0.05, 0.1) is 21.8 Å². The molecule has 7 heteroatoms. The van der Waals surface area contributed by atoms with Crippen LogP contribution >= 0.6 is 11.3 Å². The molecule has 4 aromatic rings. The van der Waals surface area contributed by atoms with Crippen LogP contribution in [0, 0.1) is 0 Å². The van der Waals surface area contributed by atoms with Gasteiger partial charge in [0.25, 0.3) is 0 Å². The van der Waals surface area contributed by atoms with Gasteiger partial charge in [0, 0.05) is 25.1 Å². The minimum atomic E-state index is -0.270. The zero-order chi connectivity index (χ0) is 18.6. The quantitative estimate of drug-likeness (QED) is 0.557. The van der Waals surface area contributed by atoms with Crippen LogP contribution in [0.25, 0.3) is 15.9 Å². The van der Waals surface area contributed by atoms with E-state index in [9.17, 15) is 4.79 Å². The van der Waals surface area contributed by atoms with E-state index >= 15 is 0 Å². The highest BCUT2D eigenvalue weighted by molar-refractivity contribution is 7.16. The first-order chi connectivity index (χ1) is 13.2. The predicted molar refractivity (Wildman–Crippen MR) is 107 cm³/mol. The van der Waals surface area contributed by atoms with Crippen LogP contribution in [0.4, 0.5) is 4.79 Å². The van der Waals surface area contributed by atoms with E-state index in [2.05, 4.69) is 26.7 Å². The highest BCUT2D eigenvalue weighted by Crippen LogP contribution is 2.24. The minimum Gasteiger partial charge on any atom is -0.341 e. The van der Waals surface area contributed by atoms with E-state index < -0.39 is 0 Å². The maximum Gasteiger partial charge on any atom is 0.315 e. The van der Waals surface area contributed by atoms with Crippen molar-refractivity contribution in [2.75, 3.05) is 7.05 Å². The van der Waals surface area contributed by atoms with Gasteiger partial charge in [0.15, 0.2) is 0 Å². The number of benzene rings is 2. The van der Waals surface area contributed by atoms with Crippen LogP contribution in [0.3, 0.4) is 0 Å². The lowest BCUT2D eigenvalue weighted by atomic mass is 10.1. The lowest BCUT2D eigenvalue weighted by molar-refractivity contribution is 0.238. The normalized spacial score (nSPS) is 12.0. The van der Waals surface area contributed by atoms with Crippen LogP contribution in [-0.4, -0.2) is 27.6 Å². The van der Waals surface area contributed by atoms with Crippen LogP contribution in [-0.2, 0) is 6.42 Å². The Hall–Kier alpha value is -3.19. The number of nitrogens with one attached hydrogen (secondary N) is 2. The smallest absolute Gasteiger partial charge is 0.315 e. The number of amides is 2. The van der Waals surface area contributed by atoms with E-state index in [4.69, 9.17) is 0 Å². The fourth-order valence-corrected chi connectivity index (χ4v) is 3.73. The van der Waals surface area contributed by atoms with E-state index in [1.54, 1.807) is 24.6 Å². The molecule has 0 saturated heterocycles. The summed E-state index contributed by atoms with van der Waals surface area (Å²) < 4.78 is 3.15. The first kappa shape index (κ1) is 17.2. The second-order valence-electron chi connectivity index (χ2n) is 6.13. The Kier molecular flexibility index (Phi) is 4.84. The van der Waals surface area contributed by atoms with Crippen molar-refractivity contribution in [3.63, 3.8) is 0 Å². The summed E-state index contributed by atoms with van der Waals surface area (Å²) in [5.74, 6) is 0.775. The molecule has 136 valence electrons. The number of urea groups is 1. The van der Waals surface area contributed by atoms with Gasteiger partial charge in [-0.3, -0.25) is 0 Å². The summed E-state index contributed by atoms with van der Waals surface area (Å²) in [6.07, 6.45) is 4.31. The topological polar surface area (TPSA) is 71.8 Å². The van der Waals surface area contributed by atoms with Gasteiger partial charge in [-0.05, 0) is 30.2 Å². The van der Waals surface area contributed by atoms with Gasteiger partial charge in [-0.25, -0.2) is 14.8 Å². The highest BCUT2D eigenvalue weighted by atomic mass is 32.1. The lowest BCUT2D eigenvalue weighted by Gasteiger charge is -2.20. The van der Waals surface area contributed by atoms with Gasteiger partial charge < -0.3 is 15.2 Å². The standard InChI is InChI=1S/C20H19N5OS/c1-21-20(26)24-17(11-14-5-3-2-4-6-14)19-22-9-10-25(19)15-7-8-18-16(12-15)23-13-27-18/h2-10,12-13,17H,11H2,1H3,(H2,21,24,26). The number of carbonyl (C=O) groups is 1. The third kappa shape index (κ3) is 3.68. The summed E-state index contributed by atoms with van der Waals surface area (Å²) in [4.78, 5) is 21.0. The number of aromatic nitrogens is 3. The van der Waals surface area contributed by atoms with Gasteiger partial charge in [-0.2, -0.15) is 0 Å². The predicted octanol–water partition coefficient (Wildman–Crippen LogP) is 3.69. The molecular formula is C20H19N5OS. The number of nitrogens with zero attached hydrogens (tertiary/aromatic N) is 3. The third-order valence-corrected chi connectivity index (χ3v) is 5.20. The van der Waals surface area contributed by atoms with Gasteiger partial charge in [0.2, 0.25) is 0 Å². The fraction of sp³-hybridized carbons (Fsp3) is 0.150. The monoisotopic (exact) mass is 377 g/mol. The Morgan fingerprint density at radius 1 is 1.19 bits per heavy atom. The molecule has 0 aliphatic carbocycles. The molecule has 0 radical (unpaired) electrons. The van der Waals surface area contributed by atoms with Crippen molar-refractivity contribution < 1.29 is 4.79 Å². The fourth-order valence-electron chi connectivity index (χ4n) is 3.07. The van der Waals surface area contributed by atoms with Crippen molar-refractivity contribution in [2.24, 2.45) is 0 Å². The number of thiazole rings is 1. The molecule has 2 aromatic carbocycles. The van der Waals surface area contributed by atoms with Crippen LogP contribution in [0.5, 0.6) is 0 Å². The molecule has 2 amide bonds. The van der Waals surface area contributed by atoms with E-state index in [1.807, 2.05) is 58.7 Å². The Labute approximate surface area is 160 Å². The molecule has 0 spiro atoms. The number of carbonyl (C=O) groups excluding carboxylic acids is 1. The van der Waals surface area contributed by atoms with E-state index in [0.29, 0.717) is 6.42 Å². The molecule has 2 aromatic heterocycles. The molecule has 0 aliphatic heterocycles. The second kappa shape index (κ2) is 7.59. The Morgan fingerprint density at radius 2 is 2.04 bits per heavy atom. The summed E-state index contributed by atoms with van der Waals surface area (Å²) in [7, 11) is 1.61. The average molecular weight is 377 g/mol. The van der Waals surface area contributed by atoms with E-state index in [1.165, 1.54) is 0 Å². The van der Waals surface area contributed by atoms with Crippen molar-refractivity contribution in [3.8, 4) is 5.69 Å².